The summed E-state index contributed by atoms with van der Waals surface area (Å²) in [5.74, 6) is -2.26. The van der Waals surface area contributed by atoms with Gasteiger partial charge in [0.1, 0.15) is 0 Å². The van der Waals surface area contributed by atoms with Crippen LogP contribution >= 0.6 is 0 Å². The Kier molecular flexibility index (Phi) is 7.15. The highest BCUT2D eigenvalue weighted by Crippen LogP contribution is 2.23. The highest BCUT2D eigenvalue weighted by atomic mass is 16.5. The van der Waals surface area contributed by atoms with Crippen molar-refractivity contribution in [2.45, 2.75) is 52.1 Å². The van der Waals surface area contributed by atoms with E-state index in [4.69, 9.17) is 4.74 Å². The molecule has 5 heteroatoms. The normalized spacial score (nSPS) is 14.5. The predicted molar refractivity (Wildman–Crippen MR) is 95.2 cm³/mol. The molecule has 0 aromatic heterocycles. The number of amides is 1. The Morgan fingerprint density at radius 3 is 2.64 bits per heavy atom. The summed E-state index contributed by atoms with van der Waals surface area (Å²) in [6, 6.07) is 7.39. The first-order chi connectivity index (χ1) is 12.0. The van der Waals surface area contributed by atoms with Gasteiger partial charge in [0.05, 0.1) is 12.2 Å². The van der Waals surface area contributed by atoms with Gasteiger partial charge in [-0.25, -0.2) is 0 Å². The molecule has 1 aliphatic carbocycles. The number of nitriles is 1. The topological polar surface area (TPSA) is 79.2 Å². The van der Waals surface area contributed by atoms with Crippen LogP contribution in [0.5, 0.6) is 0 Å². The van der Waals surface area contributed by atoms with Crippen LogP contribution in [0.1, 0.15) is 54.6 Å². The molecule has 0 radical (unpaired) electrons. The fraction of sp³-hybridized carbons (Fsp3) is 0.550. The Morgan fingerprint density at radius 1 is 1.24 bits per heavy atom. The van der Waals surface area contributed by atoms with Gasteiger partial charge in [0, 0.05) is 18.7 Å². The zero-order valence-corrected chi connectivity index (χ0v) is 15.0. The summed E-state index contributed by atoms with van der Waals surface area (Å²) < 4.78 is 5.40. The summed E-state index contributed by atoms with van der Waals surface area (Å²) in [7, 11) is 0. The average Bonchev–Trinajstić information content (AvgIpc) is 2.61. The number of aryl methyl sites for hydroxylation is 2. The van der Waals surface area contributed by atoms with Crippen molar-refractivity contribution in [1.82, 2.24) is 5.32 Å². The molecular weight excluding hydrogens is 316 g/mol. The Hall–Kier alpha value is -2.19. The van der Waals surface area contributed by atoms with Crippen molar-refractivity contribution in [3.63, 3.8) is 0 Å². The van der Waals surface area contributed by atoms with Gasteiger partial charge in [-0.2, -0.15) is 5.26 Å². The second-order valence-corrected chi connectivity index (χ2v) is 6.68. The maximum Gasteiger partial charge on any atom is 0.245 e. The zero-order chi connectivity index (χ0) is 18.2. The standard InChI is InChI=1S/C20H26N2O3/c1-14(2)25-11-5-10-22-20(24)18(13-21)19(23)17-9-8-15-6-3-4-7-16(15)12-17/h8-9,12,14,18H,3-7,10-11H2,1-2H3,(H,22,24). The van der Waals surface area contributed by atoms with Crippen LogP contribution in [0.4, 0.5) is 0 Å². The monoisotopic (exact) mass is 342 g/mol. The molecule has 1 aliphatic rings. The smallest absolute Gasteiger partial charge is 0.245 e. The van der Waals surface area contributed by atoms with Crippen LogP contribution in [0.2, 0.25) is 0 Å². The lowest BCUT2D eigenvalue weighted by Gasteiger charge is -2.17. The van der Waals surface area contributed by atoms with E-state index in [0.29, 0.717) is 25.1 Å². The van der Waals surface area contributed by atoms with Gasteiger partial charge in [0.25, 0.3) is 0 Å². The van der Waals surface area contributed by atoms with Crippen LogP contribution in [-0.2, 0) is 22.4 Å². The van der Waals surface area contributed by atoms with Gasteiger partial charge >= 0.3 is 0 Å². The molecule has 0 heterocycles. The molecule has 2 rings (SSSR count). The maximum atomic E-state index is 12.6. The quantitative estimate of drug-likeness (QED) is 0.447. The number of nitrogens with one attached hydrogen (secondary N) is 1. The molecule has 0 bridgehead atoms. The Labute approximate surface area is 149 Å². The molecule has 1 N–H and O–H groups in total. The molecule has 0 fully saturated rings. The minimum Gasteiger partial charge on any atom is -0.379 e. The minimum absolute atomic E-state index is 0.146. The zero-order valence-electron chi connectivity index (χ0n) is 15.0. The van der Waals surface area contributed by atoms with Crippen molar-refractivity contribution in [2.75, 3.05) is 13.2 Å². The lowest BCUT2D eigenvalue weighted by atomic mass is 9.88. The SMILES string of the molecule is CC(C)OCCCNC(=O)C(C#N)C(=O)c1ccc2c(c1)CCCC2. The summed E-state index contributed by atoms with van der Waals surface area (Å²) in [5, 5.41) is 11.9. The summed E-state index contributed by atoms with van der Waals surface area (Å²) in [5.41, 5.74) is 2.89. The molecule has 1 atom stereocenters. The van der Waals surface area contributed by atoms with Crippen LogP contribution in [0.3, 0.4) is 0 Å². The summed E-state index contributed by atoms with van der Waals surface area (Å²) in [4.78, 5) is 24.8. The first kappa shape index (κ1) is 19.1. The second-order valence-electron chi connectivity index (χ2n) is 6.68. The van der Waals surface area contributed by atoms with Gasteiger partial charge < -0.3 is 10.1 Å². The molecule has 1 amide bonds. The lowest BCUT2D eigenvalue weighted by molar-refractivity contribution is -0.122. The number of nitrogens with zero attached hydrogens (tertiary/aromatic N) is 1. The first-order valence-corrected chi connectivity index (χ1v) is 8.98. The Morgan fingerprint density at radius 2 is 1.96 bits per heavy atom. The number of hydrogen-bond acceptors (Lipinski definition) is 4. The third-order valence-electron chi connectivity index (χ3n) is 4.36. The molecule has 0 saturated carbocycles. The number of hydrogen-bond donors (Lipinski definition) is 1. The molecule has 1 aromatic rings. The third kappa shape index (κ3) is 5.40. The maximum absolute atomic E-state index is 12.6. The highest BCUT2D eigenvalue weighted by molar-refractivity contribution is 6.12. The Bertz CT molecular complexity index is 661. The molecule has 0 aliphatic heterocycles. The summed E-state index contributed by atoms with van der Waals surface area (Å²) in [6.45, 7) is 4.82. The third-order valence-corrected chi connectivity index (χ3v) is 4.36. The number of Topliss-reactive ketones (excluding diaryl/α,β-unsaturated/α-hetero) is 1. The fourth-order valence-electron chi connectivity index (χ4n) is 2.99. The van der Waals surface area contributed by atoms with Gasteiger partial charge in [-0.3, -0.25) is 9.59 Å². The number of carbonyl (C=O) groups is 2. The molecule has 0 spiro atoms. The average molecular weight is 342 g/mol. The lowest BCUT2D eigenvalue weighted by Crippen LogP contribution is -2.35. The van der Waals surface area contributed by atoms with Crippen LogP contribution in [0.25, 0.3) is 0 Å². The molecule has 5 nitrogen and oxygen atoms in total. The van der Waals surface area contributed by atoms with E-state index in [0.717, 1.165) is 19.3 Å². The van der Waals surface area contributed by atoms with E-state index in [2.05, 4.69) is 5.32 Å². The van der Waals surface area contributed by atoms with E-state index in [1.165, 1.54) is 17.5 Å². The van der Waals surface area contributed by atoms with Gasteiger partial charge in [0.2, 0.25) is 5.91 Å². The molecule has 134 valence electrons. The van der Waals surface area contributed by atoms with Crippen molar-refractivity contribution >= 4 is 11.7 Å². The molecule has 1 aromatic carbocycles. The second kappa shape index (κ2) is 9.33. The number of ether oxygens (including phenoxy) is 1. The van der Waals surface area contributed by atoms with E-state index >= 15 is 0 Å². The van der Waals surface area contributed by atoms with E-state index in [1.54, 1.807) is 6.07 Å². The minimum atomic E-state index is -1.30. The van der Waals surface area contributed by atoms with Gasteiger partial charge in [-0.1, -0.05) is 12.1 Å². The largest absolute Gasteiger partial charge is 0.379 e. The highest BCUT2D eigenvalue weighted by Gasteiger charge is 2.27. The van der Waals surface area contributed by atoms with E-state index in [1.807, 2.05) is 32.0 Å². The molecule has 0 saturated heterocycles. The van der Waals surface area contributed by atoms with E-state index < -0.39 is 17.6 Å². The van der Waals surface area contributed by atoms with E-state index in [9.17, 15) is 14.9 Å². The van der Waals surface area contributed by atoms with Gasteiger partial charge in [0.15, 0.2) is 11.7 Å². The van der Waals surface area contributed by atoms with Gasteiger partial charge in [-0.15, -0.1) is 0 Å². The number of rotatable bonds is 8. The number of fused-ring (bicyclic) bond motifs is 1. The predicted octanol–water partition coefficient (Wildman–Crippen LogP) is 2.82. The molecular formula is C20H26N2O3. The van der Waals surface area contributed by atoms with E-state index in [-0.39, 0.29) is 6.10 Å². The molecule has 25 heavy (non-hydrogen) atoms. The number of carbonyl (C=O) groups excluding carboxylic acids is 2. The van der Waals surface area contributed by atoms with Crippen molar-refractivity contribution < 1.29 is 14.3 Å². The van der Waals surface area contributed by atoms with Crippen molar-refractivity contribution in [1.29, 1.82) is 5.26 Å². The number of ketones is 1. The van der Waals surface area contributed by atoms with Gasteiger partial charge in [-0.05, 0) is 63.1 Å². The first-order valence-electron chi connectivity index (χ1n) is 8.98. The summed E-state index contributed by atoms with van der Waals surface area (Å²) in [6.07, 6.45) is 5.07. The van der Waals surface area contributed by atoms with Crippen LogP contribution in [-0.4, -0.2) is 30.9 Å². The Balaban J connectivity index is 1.94. The van der Waals surface area contributed by atoms with Crippen molar-refractivity contribution in [3.8, 4) is 6.07 Å². The number of benzene rings is 1. The van der Waals surface area contributed by atoms with Crippen LogP contribution in [0, 0.1) is 17.2 Å². The van der Waals surface area contributed by atoms with Crippen molar-refractivity contribution in [2.24, 2.45) is 5.92 Å². The van der Waals surface area contributed by atoms with Crippen molar-refractivity contribution in [3.05, 3.63) is 34.9 Å². The summed E-state index contributed by atoms with van der Waals surface area (Å²) >= 11 is 0. The molecule has 1 unspecified atom stereocenters. The fourth-order valence-corrected chi connectivity index (χ4v) is 2.99. The van der Waals surface area contributed by atoms with Crippen LogP contribution in [0.15, 0.2) is 18.2 Å². The van der Waals surface area contributed by atoms with Crippen LogP contribution < -0.4 is 5.32 Å².